The summed E-state index contributed by atoms with van der Waals surface area (Å²) in [7, 11) is 0. The smallest absolute Gasteiger partial charge is 0.270 e. The lowest BCUT2D eigenvalue weighted by Gasteiger charge is -2.38. The highest BCUT2D eigenvalue weighted by Crippen LogP contribution is 2.43. The Hall–Kier alpha value is -0.505. The molecule has 2 nitrogen and oxygen atoms in total. The second kappa shape index (κ2) is 5.36. The number of halogens is 1. The maximum Gasteiger partial charge on any atom is 0.270 e. The van der Waals surface area contributed by atoms with E-state index in [4.69, 9.17) is 20.9 Å². The molecule has 20 heavy (non-hydrogen) atoms. The van der Waals surface area contributed by atoms with E-state index in [0.29, 0.717) is 0 Å². The Bertz CT molecular complexity index is 452. The van der Waals surface area contributed by atoms with E-state index in [1.165, 1.54) is 0 Å². The molecule has 1 fully saturated rings. The summed E-state index contributed by atoms with van der Waals surface area (Å²) < 4.78 is 13.0. The lowest BCUT2D eigenvalue weighted by molar-refractivity contribution is 0.00578. The van der Waals surface area contributed by atoms with Gasteiger partial charge in [0.1, 0.15) is 0 Å². The van der Waals surface area contributed by atoms with E-state index >= 15 is 0 Å². The van der Waals surface area contributed by atoms with Gasteiger partial charge in [0, 0.05) is 16.2 Å². The highest BCUT2D eigenvalue weighted by molar-refractivity contribution is 6.81. The summed E-state index contributed by atoms with van der Waals surface area (Å²) in [6.07, 6.45) is 3.14. The van der Waals surface area contributed by atoms with Gasteiger partial charge in [-0.25, -0.2) is 0 Å². The fraction of sp³-hybridized carbons (Fsp3) is 0.625. The Labute approximate surface area is 127 Å². The molecule has 2 rings (SSSR count). The number of hydrogen-bond donors (Lipinski definition) is 0. The molecule has 1 heterocycles. The molecule has 0 saturated carbocycles. The third kappa shape index (κ3) is 2.76. The minimum atomic E-state index is -1.43. The first kappa shape index (κ1) is 15.9. The van der Waals surface area contributed by atoms with Crippen molar-refractivity contribution in [3.63, 3.8) is 0 Å². The van der Waals surface area contributed by atoms with Crippen molar-refractivity contribution < 1.29 is 9.31 Å². The minimum absolute atomic E-state index is 0.305. The summed E-state index contributed by atoms with van der Waals surface area (Å²) in [4.78, 5) is 0. The molecule has 0 spiro atoms. The zero-order chi connectivity index (χ0) is 15.0. The second-order valence-corrected chi connectivity index (χ2v) is 7.26. The number of rotatable bonds is 4. The standard InChI is InChI=1S/C16H25BClO2/c1-6-7-12-17(13-8-10-14(18)11-9-13)19-15(2,3)16(4,5)20-17/h8-11H,6-7,12H2,1-5H3/q-1. The van der Waals surface area contributed by atoms with E-state index in [-0.39, 0.29) is 11.2 Å². The molecule has 1 saturated heterocycles. The fourth-order valence-corrected chi connectivity index (χ4v) is 3.04. The summed E-state index contributed by atoms with van der Waals surface area (Å²) in [5, 5.41) is 0.742. The molecule has 0 bridgehead atoms. The van der Waals surface area contributed by atoms with Gasteiger partial charge in [-0.3, -0.25) is 0 Å². The molecule has 0 aromatic heterocycles. The van der Waals surface area contributed by atoms with E-state index in [1.54, 1.807) is 0 Å². The van der Waals surface area contributed by atoms with Crippen molar-refractivity contribution in [2.24, 2.45) is 0 Å². The van der Waals surface area contributed by atoms with E-state index in [1.807, 2.05) is 24.3 Å². The van der Waals surface area contributed by atoms with Crippen LogP contribution in [0.4, 0.5) is 0 Å². The molecule has 1 aromatic carbocycles. The van der Waals surface area contributed by atoms with E-state index in [9.17, 15) is 0 Å². The van der Waals surface area contributed by atoms with Gasteiger partial charge in [0.05, 0.1) is 0 Å². The molecule has 0 aliphatic carbocycles. The summed E-state index contributed by atoms with van der Waals surface area (Å²) in [6.45, 7) is 9.19. The molecule has 0 unspecified atom stereocenters. The van der Waals surface area contributed by atoms with Gasteiger partial charge in [0.2, 0.25) is 0 Å². The highest BCUT2D eigenvalue weighted by atomic mass is 35.5. The highest BCUT2D eigenvalue weighted by Gasteiger charge is 2.51. The van der Waals surface area contributed by atoms with Gasteiger partial charge in [-0.2, -0.15) is 5.46 Å². The molecule has 1 aromatic rings. The van der Waals surface area contributed by atoms with Crippen LogP contribution in [0.1, 0.15) is 47.5 Å². The number of unbranched alkanes of at least 4 members (excludes halogenated alkanes) is 1. The van der Waals surface area contributed by atoms with Gasteiger partial charge in [0.25, 0.3) is 6.55 Å². The zero-order valence-electron chi connectivity index (χ0n) is 13.2. The largest absolute Gasteiger partial charge is 0.558 e. The first-order chi connectivity index (χ1) is 9.22. The van der Waals surface area contributed by atoms with Gasteiger partial charge < -0.3 is 9.31 Å². The van der Waals surface area contributed by atoms with Crippen molar-refractivity contribution in [1.29, 1.82) is 0 Å². The van der Waals surface area contributed by atoms with Crippen molar-refractivity contribution >= 4 is 23.6 Å². The molecular formula is C16H25BClO2-. The van der Waals surface area contributed by atoms with Crippen LogP contribution in [-0.4, -0.2) is 17.8 Å². The molecule has 112 valence electrons. The first-order valence-corrected chi connectivity index (χ1v) is 7.92. The maximum atomic E-state index is 6.48. The first-order valence-electron chi connectivity index (χ1n) is 7.54. The molecule has 0 N–H and O–H groups in total. The molecular weight excluding hydrogens is 270 g/mol. The minimum Gasteiger partial charge on any atom is -0.558 e. The summed E-state index contributed by atoms with van der Waals surface area (Å²) in [5.41, 5.74) is 0.502. The van der Waals surface area contributed by atoms with Crippen LogP contribution in [0.15, 0.2) is 24.3 Å². The quantitative estimate of drug-likeness (QED) is 0.767. The predicted octanol–water partition coefficient (Wildman–Crippen LogP) is 4.39. The lowest BCUT2D eigenvalue weighted by atomic mass is 9.48. The second-order valence-electron chi connectivity index (χ2n) is 6.82. The SMILES string of the molecule is CCCC[B-]1(c2ccc(Cl)cc2)OC(C)(C)C(C)(C)O1. The van der Waals surface area contributed by atoms with Crippen LogP contribution in [-0.2, 0) is 9.31 Å². The third-order valence-corrected chi connectivity index (χ3v) is 4.99. The van der Waals surface area contributed by atoms with Crippen molar-refractivity contribution in [2.75, 3.05) is 0 Å². The molecule has 4 heteroatoms. The fourth-order valence-electron chi connectivity index (χ4n) is 2.91. The molecule has 0 amide bonds. The molecule has 0 radical (unpaired) electrons. The maximum absolute atomic E-state index is 6.48. The van der Waals surface area contributed by atoms with E-state index in [2.05, 4.69) is 34.6 Å². The Kier molecular flexibility index (Phi) is 4.26. The van der Waals surface area contributed by atoms with E-state index in [0.717, 1.165) is 29.6 Å². The molecule has 1 aliphatic rings. The van der Waals surface area contributed by atoms with Crippen LogP contribution in [0.5, 0.6) is 0 Å². The summed E-state index contributed by atoms with van der Waals surface area (Å²) in [6, 6.07) is 7.90. The number of benzene rings is 1. The monoisotopic (exact) mass is 295 g/mol. The average Bonchev–Trinajstić information content (AvgIpc) is 2.54. The average molecular weight is 296 g/mol. The topological polar surface area (TPSA) is 18.5 Å². The third-order valence-electron chi connectivity index (χ3n) is 4.74. The van der Waals surface area contributed by atoms with Gasteiger partial charge in [-0.1, -0.05) is 43.5 Å². The van der Waals surface area contributed by atoms with E-state index < -0.39 is 6.55 Å². The van der Waals surface area contributed by atoms with Crippen LogP contribution >= 0.6 is 11.6 Å². The van der Waals surface area contributed by atoms with Crippen LogP contribution in [0, 0.1) is 0 Å². The van der Waals surface area contributed by atoms with Gasteiger partial charge >= 0.3 is 0 Å². The van der Waals surface area contributed by atoms with Gasteiger partial charge in [-0.05, 0) is 39.8 Å². The van der Waals surface area contributed by atoms with Crippen LogP contribution < -0.4 is 5.46 Å². The van der Waals surface area contributed by atoms with Crippen molar-refractivity contribution in [3.8, 4) is 0 Å². The Morgan fingerprint density at radius 2 is 1.50 bits per heavy atom. The van der Waals surface area contributed by atoms with Gasteiger partial charge in [-0.15, -0.1) is 6.32 Å². The Morgan fingerprint density at radius 3 is 1.95 bits per heavy atom. The normalized spacial score (nSPS) is 22.9. The van der Waals surface area contributed by atoms with Crippen LogP contribution in [0.25, 0.3) is 0 Å². The van der Waals surface area contributed by atoms with Crippen LogP contribution in [0.3, 0.4) is 0 Å². The summed E-state index contributed by atoms with van der Waals surface area (Å²) in [5.74, 6) is 0. The predicted molar refractivity (Wildman–Crippen MR) is 86.9 cm³/mol. The van der Waals surface area contributed by atoms with Crippen molar-refractivity contribution in [3.05, 3.63) is 29.3 Å². The summed E-state index contributed by atoms with van der Waals surface area (Å²) >= 11 is 6.01. The van der Waals surface area contributed by atoms with Crippen LogP contribution in [0.2, 0.25) is 11.3 Å². The molecule has 1 aliphatic heterocycles. The lowest BCUT2D eigenvalue weighted by Crippen LogP contribution is -2.51. The Balaban J connectivity index is 2.40. The van der Waals surface area contributed by atoms with Gasteiger partial charge in [0.15, 0.2) is 0 Å². The molecule has 0 atom stereocenters. The van der Waals surface area contributed by atoms with Crippen molar-refractivity contribution in [2.45, 2.75) is 65.0 Å². The number of hydrogen-bond acceptors (Lipinski definition) is 2. The Morgan fingerprint density at radius 1 is 1.00 bits per heavy atom. The zero-order valence-corrected chi connectivity index (χ0v) is 14.0. The van der Waals surface area contributed by atoms with Crippen molar-refractivity contribution in [1.82, 2.24) is 0 Å².